The van der Waals surface area contributed by atoms with Crippen LogP contribution in [0.5, 0.6) is 0 Å². The van der Waals surface area contributed by atoms with Crippen LogP contribution in [0.4, 0.5) is 17.1 Å². The Kier molecular flexibility index (Phi) is 5.69. The first kappa shape index (κ1) is 17.7. The van der Waals surface area contributed by atoms with Crippen molar-refractivity contribution in [3.63, 3.8) is 0 Å². The van der Waals surface area contributed by atoms with Gasteiger partial charge in [0.1, 0.15) is 11.6 Å². The second kappa shape index (κ2) is 7.73. The molecule has 0 aliphatic rings. The number of halogens is 2. The predicted octanol–water partition coefficient (Wildman–Crippen LogP) is 4.34. The van der Waals surface area contributed by atoms with E-state index in [4.69, 9.17) is 28.9 Å². The highest BCUT2D eigenvalue weighted by Gasteiger charge is 2.12. The van der Waals surface area contributed by atoms with Gasteiger partial charge in [-0.3, -0.25) is 4.79 Å². The zero-order chi connectivity index (χ0) is 17.7. The number of amides is 1. The zero-order valence-electron chi connectivity index (χ0n) is 12.7. The molecule has 2 aromatic rings. The molecule has 4 N–H and O–H groups in total. The van der Waals surface area contributed by atoms with Crippen LogP contribution < -0.4 is 16.4 Å². The smallest absolute Gasteiger partial charge is 0.267 e. The highest BCUT2D eigenvalue weighted by Crippen LogP contribution is 2.29. The monoisotopic (exact) mass is 360 g/mol. The van der Waals surface area contributed by atoms with Crippen LogP contribution in [0.3, 0.4) is 0 Å². The molecule has 0 atom stereocenters. The largest absolute Gasteiger partial charge is 0.397 e. The number of hydrogen-bond donors (Lipinski definition) is 3. The number of nitrogen functional groups attached to an aromatic ring is 1. The van der Waals surface area contributed by atoms with Gasteiger partial charge in [0.25, 0.3) is 5.91 Å². The van der Waals surface area contributed by atoms with E-state index in [-0.39, 0.29) is 10.6 Å². The number of carbonyl (C=O) groups excluding carboxylic acids is 1. The molecule has 0 spiro atoms. The van der Waals surface area contributed by atoms with Gasteiger partial charge >= 0.3 is 0 Å². The summed E-state index contributed by atoms with van der Waals surface area (Å²) >= 11 is 11.9. The summed E-state index contributed by atoms with van der Waals surface area (Å²) in [6.07, 6.45) is 1.29. The fraction of sp³-hybridized carbons (Fsp3) is 0.0588. The first-order valence-electron chi connectivity index (χ1n) is 6.90. The number of nitrogens with one attached hydrogen (secondary N) is 2. The van der Waals surface area contributed by atoms with Gasteiger partial charge < -0.3 is 16.4 Å². The Morgan fingerprint density at radius 1 is 1.25 bits per heavy atom. The molecule has 1 amide bonds. The molecule has 0 aliphatic heterocycles. The van der Waals surface area contributed by atoms with Crippen LogP contribution in [-0.4, -0.2) is 5.91 Å². The molecule has 0 bridgehead atoms. The maximum absolute atomic E-state index is 12.2. The summed E-state index contributed by atoms with van der Waals surface area (Å²) in [5.74, 6) is -0.611. The van der Waals surface area contributed by atoms with Crippen LogP contribution in [0.1, 0.15) is 5.56 Å². The Bertz CT molecular complexity index is 856. The lowest BCUT2D eigenvalue weighted by Crippen LogP contribution is -2.15. The molecule has 0 heterocycles. The molecule has 0 aliphatic carbocycles. The number of rotatable bonds is 4. The number of hydrogen-bond acceptors (Lipinski definition) is 4. The number of aryl methyl sites for hydroxylation is 1. The summed E-state index contributed by atoms with van der Waals surface area (Å²) in [5, 5.41) is 15.1. The minimum absolute atomic E-state index is 0.133. The van der Waals surface area contributed by atoms with E-state index in [1.54, 1.807) is 30.3 Å². The van der Waals surface area contributed by atoms with E-state index in [1.807, 2.05) is 19.1 Å². The van der Waals surface area contributed by atoms with Crippen molar-refractivity contribution in [2.75, 3.05) is 16.4 Å². The topological polar surface area (TPSA) is 90.9 Å². The SMILES string of the molecule is Cc1ccc(N/C=C(/C#N)C(=O)Nc2cccc(Cl)c2Cl)c(N)c1. The summed E-state index contributed by atoms with van der Waals surface area (Å²) in [5.41, 5.74) is 8.19. The molecule has 0 fully saturated rings. The van der Waals surface area contributed by atoms with Crippen molar-refractivity contribution < 1.29 is 4.79 Å². The maximum Gasteiger partial charge on any atom is 0.267 e. The molecule has 24 heavy (non-hydrogen) atoms. The van der Waals surface area contributed by atoms with E-state index in [0.717, 1.165) is 5.56 Å². The summed E-state index contributed by atoms with van der Waals surface area (Å²) in [6, 6.07) is 12.1. The number of nitriles is 1. The molecule has 0 unspecified atom stereocenters. The van der Waals surface area contributed by atoms with Crippen LogP contribution in [0, 0.1) is 18.3 Å². The third-order valence-corrected chi connectivity index (χ3v) is 3.96. The van der Waals surface area contributed by atoms with Crippen LogP contribution >= 0.6 is 23.2 Å². The summed E-state index contributed by atoms with van der Waals surface area (Å²) in [4.78, 5) is 12.2. The van der Waals surface area contributed by atoms with Crippen molar-refractivity contribution in [2.24, 2.45) is 0 Å². The molecular formula is C17H14Cl2N4O. The Morgan fingerprint density at radius 2 is 2.00 bits per heavy atom. The predicted molar refractivity (Wildman–Crippen MR) is 98.0 cm³/mol. The maximum atomic E-state index is 12.2. The highest BCUT2D eigenvalue weighted by atomic mass is 35.5. The summed E-state index contributed by atoms with van der Waals surface area (Å²) in [7, 11) is 0. The van der Waals surface area contributed by atoms with Crippen LogP contribution in [-0.2, 0) is 4.79 Å². The third-order valence-electron chi connectivity index (χ3n) is 3.14. The van der Waals surface area contributed by atoms with E-state index in [1.165, 1.54) is 6.20 Å². The summed E-state index contributed by atoms with van der Waals surface area (Å²) < 4.78 is 0. The molecule has 2 aromatic carbocycles. The van der Waals surface area contributed by atoms with Gasteiger partial charge in [-0.25, -0.2) is 0 Å². The molecule has 0 radical (unpaired) electrons. The normalized spacial score (nSPS) is 10.8. The Balaban J connectivity index is 2.17. The van der Waals surface area contributed by atoms with Gasteiger partial charge in [-0.15, -0.1) is 0 Å². The average Bonchev–Trinajstić information content (AvgIpc) is 2.54. The molecule has 7 heteroatoms. The molecular weight excluding hydrogens is 347 g/mol. The second-order valence-corrected chi connectivity index (χ2v) is 5.75. The standard InChI is InChI=1S/C17H14Cl2N4O/c1-10-5-6-14(13(21)7-10)22-9-11(8-20)17(24)23-15-4-2-3-12(18)16(15)19/h2-7,9,22H,21H2,1H3,(H,23,24)/b11-9-. The van der Waals surface area contributed by atoms with Crippen LogP contribution in [0.2, 0.25) is 10.0 Å². The van der Waals surface area contributed by atoms with Gasteiger partial charge in [-0.2, -0.15) is 5.26 Å². The fourth-order valence-corrected chi connectivity index (χ4v) is 2.25. The Labute approximate surface area is 149 Å². The van der Waals surface area contributed by atoms with E-state index >= 15 is 0 Å². The molecule has 0 saturated heterocycles. The minimum atomic E-state index is -0.611. The number of anilines is 3. The van der Waals surface area contributed by atoms with E-state index in [2.05, 4.69) is 10.6 Å². The Hall–Kier alpha value is -2.68. The Morgan fingerprint density at radius 3 is 2.67 bits per heavy atom. The lowest BCUT2D eigenvalue weighted by molar-refractivity contribution is -0.112. The summed E-state index contributed by atoms with van der Waals surface area (Å²) in [6.45, 7) is 1.92. The van der Waals surface area contributed by atoms with Crippen LogP contribution in [0.25, 0.3) is 0 Å². The van der Waals surface area contributed by atoms with Crippen molar-refractivity contribution in [1.82, 2.24) is 0 Å². The number of carbonyl (C=O) groups is 1. The molecule has 5 nitrogen and oxygen atoms in total. The van der Waals surface area contributed by atoms with Gasteiger partial charge in [0, 0.05) is 6.20 Å². The van der Waals surface area contributed by atoms with E-state index in [0.29, 0.717) is 22.1 Å². The minimum Gasteiger partial charge on any atom is -0.397 e. The molecule has 2 rings (SSSR count). The first-order chi connectivity index (χ1) is 11.4. The lowest BCUT2D eigenvalue weighted by Gasteiger charge is -2.09. The third kappa shape index (κ3) is 4.19. The molecule has 0 aromatic heterocycles. The van der Waals surface area contributed by atoms with Crippen LogP contribution in [0.15, 0.2) is 48.2 Å². The fourth-order valence-electron chi connectivity index (χ4n) is 1.90. The van der Waals surface area contributed by atoms with Crippen molar-refractivity contribution >= 4 is 46.2 Å². The first-order valence-corrected chi connectivity index (χ1v) is 7.66. The van der Waals surface area contributed by atoms with E-state index < -0.39 is 5.91 Å². The number of benzene rings is 2. The van der Waals surface area contributed by atoms with Gasteiger partial charge in [0.2, 0.25) is 0 Å². The molecule has 0 saturated carbocycles. The van der Waals surface area contributed by atoms with Gasteiger partial charge in [0.15, 0.2) is 0 Å². The quantitative estimate of drug-likeness (QED) is 0.429. The van der Waals surface area contributed by atoms with Crippen molar-refractivity contribution in [3.05, 3.63) is 63.8 Å². The number of nitrogens with two attached hydrogens (primary N) is 1. The van der Waals surface area contributed by atoms with Crippen molar-refractivity contribution in [3.8, 4) is 6.07 Å². The highest BCUT2D eigenvalue weighted by molar-refractivity contribution is 6.44. The molecule has 122 valence electrons. The van der Waals surface area contributed by atoms with Gasteiger partial charge in [-0.1, -0.05) is 35.3 Å². The van der Waals surface area contributed by atoms with Gasteiger partial charge in [-0.05, 0) is 36.8 Å². The second-order valence-electron chi connectivity index (χ2n) is 4.96. The van der Waals surface area contributed by atoms with Crippen molar-refractivity contribution in [1.29, 1.82) is 5.26 Å². The van der Waals surface area contributed by atoms with Gasteiger partial charge in [0.05, 0.1) is 27.1 Å². The van der Waals surface area contributed by atoms with Crippen molar-refractivity contribution in [2.45, 2.75) is 6.92 Å². The lowest BCUT2D eigenvalue weighted by atomic mass is 10.2. The average molecular weight is 361 g/mol. The van der Waals surface area contributed by atoms with E-state index in [9.17, 15) is 10.1 Å². The zero-order valence-corrected chi connectivity index (χ0v) is 14.2. The number of nitrogens with zero attached hydrogens (tertiary/aromatic N) is 1.